The molecule has 0 bridgehead atoms. The number of nitrogens with one attached hydrogen (secondary N) is 1. The Labute approximate surface area is 175 Å². The van der Waals surface area contributed by atoms with Crippen LogP contribution in [0.4, 0.5) is 5.69 Å². The van der Waals surface area contributed by atoms with E-state index in [1.165, 1.54) is 22.8 Å². The first kappa shape index (κ1) is 21.2. The summed E-state index contributed by atoms with van der Waals surface area (Å²) in [6.07, 6.45) is -0.194. The maximum Gasteiger partial charge on any atom is 0.308 e. The average Bonchev–Trinajstić information content (AvgIpc) is 3.03. The van der Waals surface area contributed by atoms with Crippen molar-refractivity contribution in [2.75, 3.05) is 6.61 Å². The molecule has 0 saturated heterocycles. The van der Waals surface area contributed by atoms with Crippen molar-refractivity contribution in [2.24, 2.45) is 0 Å². The fourth-order valence-corrected chi connectivity index (χ4v) is 3.93. The lowest BCUT2D eigenvalue weighted by molar-refractivity contribution is -0.384. The second-order valence-corrected chi connectivity index (χ2v) is 7.40. The molecule has 0 aliphatic heterocycles. The molecule has 30 heavy (non-hydrogen) atoms. The highest BCUT2D eigenvalue weighted by atomic mass is 32.1. The van der Waals surface area contributed by atoms with E-state index in [0.717, 1.165) is 16.0 Å². The van der Waals surface area contributed by atoms with Crippen LogP contribution < -0.4 is 10.2 Å². The van der Waals surface area contributed by atoms with Crippen LogP contribution in [0.1, 0.15) is 24.9 Å². The van der Waals surface area contributed by atoms with Gasteiger partial charge in [0, 0.05) is 12.1 Å². The topological polar surface area (TPSA) is 121 Å². The number of ether oxygens (including phenoxy) is 1. The number of rotatable bonds is 8. The lowest BCUT2D eigenvalue weighted by atomic mass is 10.0. The van der Waals surface area contributed by atoms with Gasteiger partial charge < -0.3 is 10.1 Å². The van der Waals surface area contributed by atoms with Gasteiger partial charge in [-0.15, -0.1) is 0 Å². The molecular weight excluding hydrogens is 410 g/mol. The van der Waals surface area contributed by atoms with E-state index in [0.29, 0.717) is 11.1 Å². The van der Waals surface area contributed by atoms with Crippen LogP contribution in [0.25, 0.3) is 10.2 Å². The molecule has 0 saturated carbocycles. The van der Waals surface area contributed by atoms with Crippen LogP contribution >= 0.6 is 11.3 Å². The molecule has 10 heteroatoms. The van der Waals surface area contributed by atoms with Gasteiger partial charge in [-0.25, -0.2) is 0 Å². The number of nitro benzene ring substituents is 1. The normalized spacial score (nSPS) is 11.8. The van der Waals surface area contributed by atoms with Crippen molar-refractivity contribution < 1.29 is 19.2 Å². The molecule has 0 spiro atoms. The summed E-state index contributed by atoms with van der Waals surface area (Å²) in [5.41, 5.74) is 0.878. The monoisotopic (exact) mass is 429 g/mol. The van der Waals surface area contributed by atoms with Crippen LogP contribution in [0.5, 0.6) is 0 Å². The average molecular weight is 429 g/mol. The third-order valence-corrected chi connectivity index (χ3v) is 5.33. The number of carbonyl (C=O) groups is 2. The summed E-state index contributed by atoms with van der Waals surface area (Å²) in [4.78, 5) is 47.2. The number of esters is 1. The van der Waals surface area contributed by atoms with E-state index in [1.807, 2.05) is 0 Å². The summed E-state index contributed by atoms with van der Waals surface area (Å²) in [5.74, 6) is -1.05. The maximum atomic E-state index is 12.7. The molecule has 0 aliphatic carbocycles. The van der Waals surface area contributed by atoms with Crippen molar-refractivity contribution in [2.45, 2.75) is 25.9 Å². The van der Waals surface area contributed by atoms with Gasteiger partial charge in [-0.2, -0.15) is 0 Å². The van der Waals surface area contributed by atoms with Gasteiger partial charge in [0.25, 0.3) is 5.69 Å². The molecule has 3 rings (SSSR count). The third kappa shape index (κ3) is 4.90. The molecule has 1 amide bonds. The Morgan fingerprint density at radius 2 is 2.00 bits per heavy atom. The Bertz CT molecular complexity index is 1150. The lowest BCUT2D eigenvalue weighted by Gasteiger charge is -2.18. The molecule has 156 valence electrons. The number of hydrogen-bond acceptors (Lipinski definition) is 7. The van der Waals surface area contributed by atoms with Gasteiger partial charge in [0.15, 0.2) is 0 Å². The number of benzene rings is 2. The quantitative estimate of drug-likeness (QED) is 0.334. The predicted octanol–water partition coefficient (Wildman–Crippen LogP) is 2.78. The smallest absolute Gasteiger partial charge is 0.308 e. The summed E-state index contributed by atoms with van der Waals surface area (Å²) in [6.45, 7) is 1.59. The number of para-hydroxylation sites is 1. The van der Waals surface area contributed by atoms with E-state index in [-0.39, 0.29) is 30.1 Å². The second-order valence-electron chi connectivity index (χ2n) is 6.40. The van der Waals surface area contributed by atoms with Crippen molar-refractivity contribution >= 4 is 39.1 Å². The van der Waals surface area contributed by atoms with E-state index in [2.05, 4.69) is 5.32 Å². The highest BCUT2D eigenvalue weighted by molar-refractivity contribution is 7.16. The zero-order valence-corrected chi connectivity index (χ0v) is 16.9. The van der Waals surface area contributed by atoms with E-state index >= 15 is 0 Å². The minimum atomic E-state index is -0.836. The largest absolute Gasteiger partial charge is 0.466 e. The molecule has 1 N–H and O–H groups in total. The highest BCUT2D eigenvalue weighted by Crippen LogP contribution is 2.23. The van der Waals surface area contributed by atoms with Crippen LogP contribution in [-0.2, 0) is 20.9 Å². The lowest BCUT2D eigenvalue weighted by Crippen LogP contribution is -2.34. The summed E-state index contributed by atoms with van der Waals surface area (Å²) in [6, 6.07) is 12.0. The molecule has 2 aromatic carbocycles. The number of amides is 1. The number of aromatic nitrogens is 1. The molecular formula is C20H19N3O6S. The SMILES string of the molecule is CCOC(=O)C[C@H](NC(=O)Cn1c(=O)sc2ccccc21)c1cccc([N+](=O)[O-])c1. The first-order valence-electron chi connectivity index (χ1n) is 9.16. The van der Waals surface area contributed by atoms with E-state index in [1.54, 1.807) is 37.3 Å². The van der Waals surface area contributed by atoms with Gasteiger partial charge in [-0.3, -0.25) is 29.1 Å². The van der Waals surface area contributed by atoms with E-state index in [4.69, 9.17) is 4.74 Å². The van der Waals surface area contributed by atoms with Gasteiger partial charge in [0.05, 0.1) is 34.2 Å². The van der Waals surface area contributed by atoms with Crippen molar-refractivity contribution in [3.05, 3.63) is 73.9 Å². The van der Waals surface area contributed by atoms with Crippen LogP contribution in [0.15, 0.2) is 53.3 Å². The molecule has 0 aliphatic rings. The number of non-ortho nitro benzene ring substituents is 1. The van der Waals surface area contributed by atoms with Gasteiger partial charge in [-0.1, -0.05) is 35.6 Å². The van der Waals surface area contributed by atoms with Gasteiger partial charge in [0.1, 0.15) is 6.54 Å². The third-order valence-electron chi connectivity index (χ3n) is 4.37. The molecule has 0 unspecified atom stereocenters. The Hall–Kier alpha value is -3.53. The fraction of sp³-hybridized carbons (Fsp3) is 0.250. The van der Waals surface area contributed by atoms with Crippen molar-refractivity contribution in [3.8, 4) is 0 Å². The van der Waals surface area contributed by atoms with Crippen LogP contribution in [0, 0.1) is 10.1 Å². The Morgan fingerprint density at radius 3 is 2.73 bits per heavy atom. The molecule has 3 aromatic rings. The number of carbonyl (C=O) groups excluding carboxylic acids is 2. The molecule has 0 fully saturated rings. The van der Waals surface area contributed by atoms with Gasteiger partial charge in [-0.05, 0) is 24.6 Å². The standard InChI is InChI=1S/C20H19N3O6S/c1-2-29-19(25)11-15(13-6-5-7-14(10-13)23(27)28)21-18(24)12-22-16-8-3-4-9-17(16)30-20(22)26/h3-10,15H,2,11-12H2,1H3,(H,21,24)/t15-/m0/s1. The molecule has 1 heterocycles. The number of hydrogen-bond donors (Lipinski definition) is 1. The minimum absolute atomic E-state index is 0.157. The van der Waals surface area contributed by atoms with Gasteiger partial charge in [0.2, 0.25) is 5.91 Å². The molecule has 1 atom stereocenters. The number of nitrogens with zero attached hydrogens (tertiary/aromatic N) is 2. The Morgan fingerprint density at radius 1 is 1.23 bits per heavy atom. The summed E-state index contributed by atoms with van der Waals surface area (Å²) < 4.78 is 7.07. The van der Waals surface area contributed by atoms with E-state index < -0.39 is 22.8 Å². The molecule has 0 radical (unpaired) electrons. The Kier molecular flexibility index (Phi) is 6.58. The second kappa shape index (κ2) is 9.31. The number of thiazole rings is 1. The highest BCUT2D eigenvalue weighted by Gasteiger charge is 2.22. The maximum absolute atomic E-state index is 12.7. The summed E-state index contributed by atoms with van der Waals surface area (Å²) >= 11 is 1.04. The van der Waals surface area contributed by atoms with Crippen LogP contribution in [0.3, 0.4) is 0 Å². The van der Waals surface area contributed by atoms with Gasteiger partial charge >= 0.3 is 10.8 Å². The zero-order valence-electron chi connectivity index (χ0n) is 16.1. The summed E-state index contributed by atoms with van der Waals surface area (Å²) in [5, 5.41) is 13.8. The summed E-state index contributed by atoms with van der Waals surface area (Å²) in [7, 11) is 0. The first-order valence-corrected chi connectivity index (χ1v) is 9.98. The van der Waals surface area contributed by atoms with Crippen molar-refractivity contribution in [1.29, 1.82) is 0 Å². The van der Waals surface area contributed by atoms with Crippen molar-refractivity contribution in [1.82, 2.24) is 9.88 Å². The minimum Gasteiger partial charge on any atom is -0.466 e. The number of nitro groups is 1. The van der Waals surface area contributed by atoms with Crippen LogP contribution in [-0.4, -0.2) is 28.0 Å². The Balaban J connectivity index is 1.84. The number of fused-ring (bicyclic) bond motifs is 1. The van der Waals surface area contributed by atoms with E-state index in [9.17, 15) is 24.5 Å². The first-order chi connectivity index (χ1) is 14.4. The molecule has 9 nitrogen and oxygen atoms in total. The predicted molar refractivity (Wildman–Crippen MR) is 111 cm³/mol. The van der Waals surface area contributed by atoms with Crippen LogP contribution in [0.2, 0.25) is 0 Å². The van der Waals surface area contributed by atoms with Crippen molar-refractivity contribution in [3.63, 3.8) is 0 Å². The zero-order chi connectivity index (χ0) is 21.7. The fourth-order valence-electron chi connectivity index (χ4n) is 3.04. The molecule has 1 aromatic heterocycles.